The van der Waals surface area contributed by atoms with Gasteiger partial charge in [-0.2, -0.15) is 0 Å². The maximum atomic E-state index is 12.4. The highest BCUT2D eigenvalue weighted by Crippen LogP contribution is 2.29. The van der Waals surface area contributed by atoms with Crippen LogP contribution < -0.4 is 4.74 Å². The molecule has 0 saturated heterocycles. The van der Waals surface area contributed by atoms with Crippen LogP contribution >= 0.6 is 12.3 Å². The van der Waals surface area contributed by atoms with Gasteiger partial charge in [0.05, 0.1) is 18.1 Å². The van der Waals surface area contributed by atoms with Crippen LogP contribution in [0.3, 0.4) is 0 Å². The van der Waals surface area contributed by atoms with Crippen molar-refractivity contribution in [2.45, 2.75) is 0 Å². The van der Waals surface area contributed by atoms with Crippen molar-refractivity contribution in [3.05, 3.63) is 24.0 Å². The molecule has 78 valence electrons. The number of fused-ring (bicyclic) bond motifs is 1. The van der Waals surface area contributed by atoms with E-state index in [-0.39, 0.29) is 12.3 Å². The lowest BCUT2D eigenvalue weighted by Crippen LogP contribution is -1.94. The fraction of sp³-hybridized carbons (Fsp3) is 0.111. The fourth-order valence-corrected chi connectivity index (χ4v) is 1.74. The molecule has 0 aliphatic carbocycles. The molecule has 0 fully saturated rings. The average molecular weight is 226 g/mol. The summed E-state index contributed by atoms with van der Waals surface area (Å²) in [6.45, 7) is 0. The molecule has 0 atom stereocenters. The first kappa shape index (κ1) is 9.97. The van der Waals surface area contributed by atoms with Crippen molar-refractivity contribution in [3.63, 3.8) is 0 Å². The fourth-order valence-electron chi connectivity index (χ4n) is 1.42. The van der Waals surface area contributed by atoms with Gasteiger partial charge >= 0.3 is 0 Å². The second-order valence-electron chi connectivity index (χ2n) is 2.81. The molecular formula is C9H7FN2O2S. The van der Waals surface area contributed by atoms with Crippen LogP contribution in [0.1, 0.15) is 10.4 Å². The molecule has 4 nitrogen and oxygen atoms in total. The summed E-state index contributed by atoms with van der Waals surface area (Å²) in [6, 6.07) is 1.65. The molecule has 0 saturated carbocycles. The highest BCUT2D eigenvalue weighted by Gasteiger charge is 2.12. The zero-order valence-electron chi connectivity index (χ0n) is 7.81. The Morgan fingerprint density at radius 3 is 3.07 bits per heavy atom. The molecule has 0 bridgehead atoms. The van der Waals surface area contributed by atoms with Crippen molar-refractivity contribution >= 4 is 29.7 Å². The third-order valence-corrected chi connectivity index (χ3v) is 2.51. The van der Waals surface area contributed by atoms with Gasteiger partial charge in [-0.1, -0.05) is 0 Å². The van der Waals surface area contributed by atoms with E-state index in [2.05, 4.69) is 4.98 Å². The zero-order valence-corrected chi connectivity index (χ0v) is 8.62. The Labute approximate surface area is 89.5 Å². The number of hydrogen-bond donors (Lipinski definition) is 0. The first-order valence-electron chi connectivity index (χ1n) is 4.10. The average Bonchev–Trinajstić information content (AvgIpc) is 2.70. The Kier molecular flexibility index (Phi) is 2.59. The Morgan fingerprint density at radius 2 is 2.47 bits per heavy atom. The second kappa shape index (κ2) is 3.90. The van der Waals surface area contributed by atoms with Crippen LogP contribution in [0, 0.1) is 0 Å². The van der Waals surface area contributed by atoms with Gasteiger partial charge in [0.1, 0.15) is 5.75 Å². The molecule has 2 aromatic rings. The quantitative estimate of drug-likeness (QED) is 0.753. The summed E-state index contributed by atoms with van der Waals surface area (Å²) in [6.07, 6.45) is 3.55. The molecule has 0 unspecified atom stereocenters. The van der Waals surface area contributed by atoms with Gasteiger partial charge in [-0.05, 0) is 6.07 Å². The summed E-state index contributed by atoms with van der Waals surface area (Å²) < 4.78 is 18.8. The number of aromatic nitrogens is 2. The van der Waals surface area contributed by atoms with E-state index < -0.39 is 0 Å². The van der Waals surface area contributed by atoms with E-state index in [0.717, 1.165) is 0 Å². The predicted octanol–water partition coefficient (Wildman–Crippen LogP) is 2.24. The van der Waals surface area contributed by atoms with E-state index in [1.54, 1.807) is 6.07 Å². The van der Waals surface area contributed by atoms with Crippen LogP contribution in [-0.2, 0) is 0 Å². The number of carbonyl (C=O) groups excluding carboxylic acids is 1. The van der Waals surface area contributed by atoms with Crippen molar-refractivity contribution < 1.29 is 13.4 Å². The van der Waals surface area contributed by atoms with Crippen molar-refractivity contribution in [2.75, 3.05) is 7.11 Å². The molecule has 0 spiro atoms. The second-order valence-corrected chi connectivity index (χ2v) is 3.34. The van der Waals surface area contributed by atoms with Gasteiger partial charge in [0, 0.05) is 12.4 Å². The van der Waals surface area contributed by atoms with Crippen molar-refractivity contribution in [1.29, 1.82) is 0 Å². The van der Waals surface area contributed by atoms with Crippen LogP contribution in [0.25, 0.3) is 11.0 Å². The third kappa shape index (κ3) is 1.46. The van der Waals surface area contributed by atoms with Crippen molar-refractivity contribution in [3.8, 4) is 5.75 Å². The zero-order chi connectivity index (χ0) is 10.8. The molecule has 0 aliphatic heterocycles. The molecule has 2 rings (SSSR count). The maximum absolute atomic E-state index is 12.4. The highest BCUT2D eigenvalue weighted by molar-refractivity contribution is 7.92. The van der Waals surface area contributed by atoms with Gasteiger partial charge in [-0.25, -0.2) is 8.96 Å². The third-order valence-electron chi connectivity index (χ3n) is 2.06. The van der Waals surface area contributed by atoms with Gasteiger partial charge in [0.2, 0.25) is 0 Å². The lowest BCUT2D eigenvalue weighted by molar-refractivity contribution is 0.112. The minimum Gasteiger partial charge on any atom is -0.495 e. The van der Waals surface area contributed by atoms with Crippen molar-refractivity contribution in [2.24, 2.45) is 0 Å². The number of rotatable bonds is 3. The SMILES string of the molecule is COc1c(C=O)cnc2c1ccn2SF. The van der Waals surface area contributed by atoms with E-state index in [1.807, 2.05) is 0 Å². The van der Waals surface area contributed by atoms with Gasteiger partial charge in [0.25, 0.3) is 0 Å². The Morgan fingerprint density at radius 1 is 1.67 bits per heavy atom. The van der Waals surface area contributed by atoms with Gasteiger partial charge in [0.15, 0.2) is 24.3 Å². The first-order chi connectivity index (χ1) is 7.31. The molecule has 2 aromatic heterocycles. The Hall–Kier alpha value is -1.56. The summed E-state index contributed by atoms with van der Waals surface area (Å²) in [5.74, 6) is 0.419. The lowest BCUT2D eigenvalue weighted by Gasteiger charge is -2.04. The first-order valence-corrected chi connectivity index (χ1v) is 4.77. The molecule has 15 heavy (non-hydrogen) atoms. The molecule has 0 aliphatic rings. The lowest BCUT2D eigenvalue weighted by atomic mass is 10.2. The number of ether oxygens (including phenoxy) is 1. The van der Waals surface area contributed by atoms with E-state index in [0.29, 0.717) is 28.6 Å². The summed E-state index contributed by atoms with van der Waals surface area (Å²) in [5.41, 5.74) is 0.788. The Balaban J connectivity index is 2.77. The topological polar surface area (TPSA) is 44.1 Å². The highest BCUT2D eigenvalue weighted by atomic mass is 32.2. The number of aldehydes is 1. The van der Waals surface area contributed by atoms with E-state index in [1.165, 1.54) is 23.5 Å². The summed E-state index contributed by atoms with van der Waals surface area (Å²) >= 11 is 0.0479. The van der Waals surface area contributed by atoms with Crippen LogP contribution in [0.4, 0.5) is 3.89 Å². The maximum Gasteiger partial charge on any atom is 0.171 e. The van der Waals surface area contributed by atoms with Crippen LogP contribution in [0.5, 0.6) is 5.75 Å². The monoisotopic (exact) mass is 226 g/mol. The normalized spacial score (nSPS) is 10.5. The van der Waals surface area contributed by atoms with E-state index in [4.69, 9.17) is 4.74 Å². The molecule has 0 radical (unpaired) electrons. The predicted molar refractivity (Wildman–Crippen MR) is 55.8 cm³/mol. The minimum absolute atomic E-state index is 0.0479. The van der Waals surface area contributed by atoms with E-state index >= 15 is 0 Å². The number of hydrogen-bond acceptors (Lipinski definition) is 4. The molecule has 0 aromatic carbocycles. The molecule has 2 heterocycles. The summed E-state index contributed by atoms with van der Waals surface area (Å²) in [4.78, 5) is 14.7. The van der Waals surface area contributed by atoms with E-state index in [9.17, 15) is 8.68 Å². The van der Waals surface area contributed by atoms with Crippen LogP contribution in [0.2, 0.25) is 0 Å². The van der Waals surface area contributed by atoms with Gasteiger partial charge in [-0.3, -0.25) is 4.79 Å². The smallest absolute Gasteiger partial charge is 0.171 e. The summed E-state index contributed by atoms with van der Waals surface area (Å²) in [5, 5.41) is 0.618. The molecular weight excluding hydrogens is 219 g/mol. The molecule has 6 heteroatoms. The Bertz CT molecular complexity index is 512. The molecule has 0 amide bonds. The van der Waals surface area contributed by atoms with Crippen molar-refractivity contribution in [1.82, 2.24) is 8.96 Å². The number of pyridine rings is 1. The number of nitrogens with zero attached hydrogens (tertiary/aromatic N) is 2. The van der Waals surface area contributed by atoms with Gasteiger partial charge < -0.3 is 4.74 Å². The number of halogens is 1. The minimum atomic E-state index is 0.0479. The number of carbonyl (C=O) groups is 1. The summed E-state index contributed by atoms with van der Waals surface area (Å²) in [7, 11) is 1.46. The number of methoxy groups -OCH3 is 1. The van der Waals surface area contributed by atoms with Crippen LogP contribution in [0.15, 0.2) is 18.5 Å². The largest absolute Gasteiger partial charge is 0.495 e. The van der Waals surface area contributed by atoms with Crippen LogP contribution in [-0.4, -0.2) is 22.4 Å². The molecule has 0 N–H and O–H groups in total. The van der Waals surface area contributed by atoms with Gasteiger partial charge in [-0.15, -0.1) is 3.89 Å². The standard InChI is InChI=1S/C9H7FN2O2S/c1-14-8-6(5-13)4-11-9-7(8)2-3-12(9)15-10/h2-5H,1H3.